The Bertz CT molecular complexity index is 1350. The molecule has 1 saturated heterocycles. The number of nitrogens with one attached hydrogen (secondary N) is 1. The van der Waals surface area contributed by atoms with Gasteiger partial charge in [-0.05, 0) is 55.1 Å². The van der Waals surface area contributed by atoms with E-state index in [9.17, 15) is 9.18 Å². The van der Waals surface area contributed by atoms with Gasteiger partial charge in [0, 0.05) is 60.8 Å². The van der Waals surface area contributed by atoms with Crippen LogP contribution in [0.1, 0.15) is 10.4 Å². The number of pyridine rings is 3. The number of hydrogen-bond donors (Lipinski definition) is 2. The molecule has 0 spiro atoms. The van der Waals surface area contributed by atoms with E-state index in [1.807, 2.05) is 6.07 Å². The zero-order valence-electron chi connectivity index (χ0n) is 18.7. The number of rotatable bonds is 4. The lowest BCUT2D eigenvalue weighted by Crippen LogP contribution is -2.44. The molecule has 1 aliphatic heterocycles. The van der Waals surface area contributed by atoms with E-state index >= 15 is 0 Å². The Labute approximate surface area is 196 Å². The number of carbonyl (C=O) groups is 1. The number of benzene rings is 1. The van der Waals surface area contributed by atoms with Crippen LogP contribution in [0.2, 0.25) is 0 Å². The van der Waals surface area contributed by atoms with Gasteiger partial charge in [0.05, 0.1) is 11.7 Å². The highest BCUT2D eigenvalue weighted by Crippen LogP contribution is 2.26. The SMILES string of the molecule is CN1CCN(c2cc(C(=O)Nc3cc4cc(-c5cc(N)cc(F)c5)cnc4cn3)ccn2)CC1. The minimum absolute atomic E-state index is 0.272. The van der Waals surface area contributed by atoms with Crippen molar-refractivity contribution < 1.29 is 9.18 Å². The van der Waals surface area contributed by atoms with Gasteiger partial charge in [0.25, 0.3) is 5.91 Å². The van der Waals surface area contributed by atoms with Crippen LogP contribution in [0.5, 0.6) is 0 Å². The van der Waals surface area contributed by atoms with E-state index in [0.29, 0.717) is 33.7 Å². The van der Waals surface area contributed by atoms with Gasteiger partial charge in [0.15, 0.2) is 0 Å². The topological polar surface area (TPSA) is 100 Å². The summed E-state index contributed by atoms with van der Waals surface area (Å²) in [6, 6.07) is 11.5. The summed E-state index contributed by atoms with van der Waals surface area (Å²) < 4.78 is 13.8. The number of piperazine rings is 1. The largest absolute Gasteiger partial charge is 0.399 e. The minimum Gasteiger partial charge on any atom is -0.399 e. The lowest BCUT2D eigenvalue weighted by Gasteiger charge is -2.33. The molecule has 172 valence electrons. The molecule has 9 heteroatoms. The molecule has 0 bridgehead atoms. The van der Waals surface area contributed by atoms with Crippen molar-refractivity contribution >= 4 is 34.1 Å². The van der Waals surface area contributed by atoms with Gasteiger partial charge in [-0.15, -0.1) is 0 Å². The number of carbonyl (C=O) groups excluding carboxylic acids is 1. The maximum atomic E-state index is 13.8. The van der Waals surface area contributed by atoms with Gasteiger partial charge in [-0.1, -0.05) is 0 Å². The molecule has 0 atom stereocenters. The lowest BCUT2D eigenvalue weighted by molar-refractivity contribution is 0.102. The van der Waals surface area contributed by atoms with Crippen LogP contribution in [-0.4, -0.2) is 59.0 Å². The molecule has 0 aliphatic carbocycles. The van der Waals surface area contributed by atoms with Crippen LogP contribution in [0.25, 0.3) is 22.0 Å². The molecular weight excluding hydrogens is 433 g/mol. The Kier molecular flexibility index (Phi) is 5.77. The molecule has 4 heterocycles. The van der Waals surface area contributed by atoms with Gasteiger partial charge in [0.1, 0.15) is 17.5 Å². The molecule has 0 saturated carbocycles. The predicted molar refractivity (Wildman–Crippen MR) is 131 cm³/mol. The Hall–Kier alpha value is -4.11. The Morgan fingerprint density at radius 3 is 2.59 bits per heavy atom. The Balaban J connectivity index is 1.37. The van der Waals surface area contributed by atoms with E-state index in [4.69, 9.17) is 5.73 Å². The van der Waals surface area contributed by atoms with Gasteiger partial charge in [-0.2, -0.15) is 0 Å². The Morgan fingerprint density at radius 2 is 1.79 bits per heavy atom. The molecule has 3 N–H and O–H groups in total. The highest BCUT2D eigenvalue weighted by molar-refractivity contribution is 6.04. The zero-order valence-corrected chi connectivity index (χ0v) is 18.7. The van der Waals surface area contributed by atoms with Crippen molar-refractivity contribution in [1.82, 2.24) is 19.9 Å². The standard InChI is InChI=1S/C25H24FN7O/c1-32-4-6-33(7-5-32)24-12-16(2-3-28-24)25(34)31-23-11-18-8-19(14-29-22(18)15-30-23)17-9-20(26)13-21(27)10-17/h2-3,8-15H,4-7,27H2,1H3,(H,30,31,34). The molecule has 1 aliphatic rings. The summed E-state index contributed by atoms with van der Waals surface area (Å²) in [5, 5.41) is 3.62. The van der Waals surface area contributed by atoms with Crippen molar-refractivity contribution in [2.45, 2.75) is 0 Å². The highest BCUT2D eigenvalue weighted by Gasteiger charge is 2.17. The van der Waals surface area contributed by atoms with E-state index in [0.717, 1.165) is 37.4 Å². The second-order valence-electron chi connectivity index (χ2n) is 8.41. The number of likely N-dealkylation sites (N-methyl/N-ethyl adjacent to an activating group) is 1. The fraction of sp³-hybridized carbons (Fsp3) is 0.200. The fourth-order valence-corrected chi connectivity index (χ4v) is 3.99. The first kappa shape index (κ1) is 21.7. The van der Waals surface area contributed by atoms with Crippen LogP contribution < -0.4 is 16.0 Å². The first-order valence-electron chi connectivity index (χ1n) is 11.0. The lowest BCUT2D eigenvalue weighted by atomic mass is 10.1. The van der Waals surface area contributed by atoms with Crippen LogP contribution in [-0.2, 0) is 0 Å². The molecule has 0 unspecified atom stereocenters. The monoisotopic (exact) mass is 457 g/mol. The van der Waals surface area contributed by atoms with E-state index < -0.39 is 5.82 Å². The summed E-state index contributed by atoms with van der Waals surface area (Å²) in [5.74, 6) is 0.501. The molecule has 4 aromatic rings. The molecule has 0 radical (unpaired) electrons. The van der Waals surface area contributed by atoms with Crippen LogP contribution in [0.15, 0.2) is 61.1 Å². The average molecular weight is 458 g/mol. The van der Waals surface area contributed by atoms with Gasteiger partial charge >= 0.3 is 0 Å². The number of nitrogen functional groups attached to an aromatic ring is 1. The third-order valence-electron chi connectivity index (χ3n) is 5.90. The average Bonchev–Trinajstić information content (AvgIpc) is 2.83. The molecule has 1 amide bonds. The van der Waals surface area contributed by atoms with Crippen molar-refractivity contribution in [2.75, 3.05) is 49.2 Å². The van der Waals surface area contributed by atoms with Gasteiger partial charge < -0.3 is 20.9 Å². The smallest absolute Gasteiger partial charge is 0.257 e. The molecule has 3 aromatic heterocycles. The number of nitrogens with zero attached hydrogens (tertiary/aromatic N) is 5. The van der Waals surface area contributed by atoms with Crippen LogP contribution in [0.3, 0.4) is 0 Å². The van der Waals surface area contributed by atoms with Crippen molar-refractivity contribution in [2.24, 2.45) is 0 Å². The summed E-state index contributed by atoms with van der Waals surface area (Å²) in [5.41, 5.74) is 8.63. The van der Waals surface area contributed by atoms with E-state index in [1.54, 1.807) is 42.9 Å². The summed E-state index contributed by atoms with van der Waals surface area (Å²) >= 11 is 0. The number of halogens is 1. The first-order chi connectivity index (χ1) is 16.4. The van der Waals surface area contributed by atoms with Crippen molar-refractivity contribution in [3.8, 4) is 11.1 Å². The second-order valence-corrected chi connectivity index (χ2v) is 8.41. The van der Waals surface area contributed by atoms with Crippen LogP contribution >= 0.6 is 0 Å². The first-order valence-corrected chi connectivity index (χ1v) is 11.0. The molecule has 1 fully saturated rings. The van der Waals surface area contributed by atoms with Crippen molar-refractivity contribution in [1.29, 1.82) is 0 Å². The zero-order chi connectivity index (χ0) is 23.7. The number of aromatic nitrogens is 3. The maximum Gasteiger partial charge on any atom is 0.257 e. The highest BCUT2D eigenvalue weighted by atomic mass is 19.1. The number of hydrogen-bond acceptors (Lipinski definition) is 7. The summed E-state index contributed by atoms with van der Waals surface area (Å²) in [4.78, 5) is 30.5. The van der Waals surface area contributed by atoms with E-state index in [1.165, 1.54) is 12.1 Å². The van der Waals surface area contributed by atoms with Gasteiger partial charge in [-0.3, -0.25) is 9.78 Å². The minimum atomic E-state index is -0.411. The van der Waals surface area contributed by atoms with E-state index in [2.05, 4.69) is 37.1 Å². The number of amides is 1. The maximum absolute atomic E-state index is 13.8. The normalized spacial score (nSPS) is 14.4. The predicted octanol–water partition coefficient (Wildman–Crippen LogP) is 3.42. The third kappa shape index (κ3) is 4.65. The quantitative estimate of drug-likeness (QED) is 0.453. The fourth-order valence-electron chi connectivity index (χ4n) is 3.99. The summed E-state index contributed by atoms with van der Waals surface area (Å²) in [6.45, 7) is 3.65. The van der Waals surface area contributed by atoms with Crippen LogP contribution in [0.4, 0.5) is 21.7 Å². The molecule has 1 aromatic carbocycles. The molecule has 34 heavy (non-hydrogen) atoms. The van der Waals surface area contributed by atoms with Crippen LogP contribution in [0, 0.1) is 5.82 Å². The number of fused-ring (bicyclic) bond motifs is 1. The van der Waals surface area contributed by atoms with E-state index in [-0.39, 0.29) is 5.91 Å². The number of anilines is 3. The number of nitrogens with two attached hydrogens (primary N) is 1. The molecular formula is C25H24FN7O. The third-order valence-corrected chi connectivity index (χ3v) is 5.90. The van der Waals surface area contributed by atoms with Crippen molar-refractivity contribution in [3.63, 3.8) is 0 Å². The second kappa shape index (κ2) is 9.03. The molecule has 8 nitrogen and oxygen atoms in total. The van der Waals surface area contributed by atoms with Gasteiger partial charge in [0.2, 0.25) is 0 Å². The van der Waals surface area contributed by atoms with Gasteiger partial charge in [-0.25, -0.2) is 14.4 Å². The summed E-state index contributed by atoms with van der Waals surface area (Å²) in [6.07, 6.45) is 4.89. The van der Waals surface area contributed by atoms with Crippen molar-refractivity contribution in [3.05, 3.63) is 72.4 Å². The Morgan fingerprint density at radius 1 is 0.971 bits per heavy atom. The summed E-state index contributed by atoms with van der Waals surface area (Å²) in [7, 11) is 2.09. The molecule has 5 rings (SSSR count).